The predicted octanol–water partition coefficient (Wildman–Crippen LogP) is 1.05. The number of rotatable bonds is 4. The lowest BCUT2D eigenvalue weighted by molar-refractivity contribution is -0.0104. The predicted molar refractivity (Wildman–Crippen MR) is 67.6 cm³/mol. The summed E-state index contributed by atoms with van der Waals surface area (Å²) in [4.78, 5) is 10.9. The molecular formula is C11H17N3O2S. The average molecular weight is 255 g/mol. The normalized spacial score (nSPS) is 20.6. The van der Waals surface area contributed by atoms with Crippen LogP contribution in [0, 0.1) is 0 Å². The van der Waals surface area contributed by atoms with Gasteiger partial charge in [0.15, 0.2) is 0 Å². The highest BCUT2D eigenvalue weighted by Gasteiger charge is 2.22. The molecule has 1 atom stereocenters. The maximum Gasteiger partial charge on any atom is 0.226 e. The molecule has 0 unspecified atom stereocenters. The fourth-order valence-electron chi connectivity index (χ4n) is 1.79. The molecule has 2 rings (SSSR count). The summed E-state index contributed by atoms with van der Waals surface area (Å²) < 4.78 is 10.7. The van der Waals surface area contributed by atoms with Gasteiger partial charge in [0.2, 0.25) is 5.95 Å². The van der Waals surface area contributed by atoms with E-state index in [1.807, 2.05) is 12.3 Å². The van der Waals surface area contributed by atoms with Gasteiger partial charge in [-0.15, -0.1) is 11.8 Å². The molecule has 0 amide bonds. The van der Waals surface area contributed by atoms with Crippen molar-refractivity contribution in [3.63, 3.8) is 0 Å². The molecule has 5 nitrogen and oxygen atoms in total. The van der Waals surface area contributed by atoms with Crippen LogP contribution in [0.4, 0.5) is 5.95 Å². The smallest absolute Gasteiger partial charge is 0.226 e. The highest BCUT2D eigenvalue weighted by atomic mass is 32.2. The van der Waals surface area contributed by atoms with Gasteiger partial charge in [-0.25, -0.2) is 9.97 Å². The zero-order valence-electron chi connectivity index (χ0n) is 10.1. The lowest BCUT2D eigenvalue weighted by Crippen LogP contribution is -2.45. The second-order valence-electron chi connectivity index (χ2n) is 3.79. The van der Waals surface area contributed by atoms with E-state index in [4.69, 9.17) is 9.47 Å². The molecule has 17 heavy (non-hydrogen) atoms. The molecular weight excluding hydrogens is 238 g/mol. The molecule has 1 saturated heterocycles. The zero-order valence-corrected chi connectivity index (χ0v) is 10.9. The van der Waals surface area contributed by atoms with Crippen LogP contribution in [0.2, 0.25) is 0 Å². The molecule has 0 saturated carbocycles. The van der Waals surface area contributed by atoms with Crippen LogP contribution < -0.4 is 4.90 Å². The van der Waals surface area contributed by atoms with Crippen LogP contribution >= 0.6 is 11.8 Å². The molecule has 94 valence electrons. The van der Waals surface area contributed by atoms with Crippen LogP contribution in [-0.4, -0.2) is 55.7 Å². The van der Waals surface area contributed by atoms with Crippen LogP contribution in [0.15, 0.2) is 17.3 Å². The molecule has 0 bridgehead atoms. The van der Waals surface area contributed by atoms with E-state index in [9.17, 15) is 0 Å². The lowest BCUT2D eigenvalue weighted by Gasteiger charge is -2.32. The van der Waals surface area contributed by atoms with Gasteiger partial charge in [0, 0.05) is 26.4 Å². The van der Waals surface area contributed by atoms with Crippen LogP contribution in [0.25, 0.3) is 0 Å². The molecule has 6 heteroatoms. The van der Waals surface area contributed by atoms with Gasteiger partial charge in [-0.1, -0.05) is 0 Å². The number of hydrogen-bond acceptors (Lipinski definition) is 6. The standard InChI is InChI=1S/C11H17N3O2S/c1-15-8-9-7-14(5-6-16-9)11-12-4-3-10(13-11)17-2/h3-4,9H,5-8H2,1-2H3/t9-/m0/s1. The number of ether oxygens (including phenoxy) is 2. The Morgan fingerprint density at radius 1 is 1.65 bits per heavy atom. The van der Waals surface area contributed by atoms with E-state index >= 15 is 0 Å². The van der Waals surface area contributed by atoms with Gasteiger partial charge in [0.25, 0.3) is 0 Å². The molecule has 1 aromatic rings. The monoisotopic (exact) mass is 255 g/mol. The van der Waals surface area contributed by atoms with Gasteiger partial charge in [-0.3, -0.25) is 0 Å². The Balaban J connectivity index is 2.05. The first kappa shape index (κ1) is 12.6. The third kappa shape index (κ3) is 3.31. The van der Waals surface area contributed by atoms with Gasteiger partial charge >= 0.3 is 0 Å². The van der Waals surface area contributed by atoms with Crippen molar-refractivity contribution in [3.8, 4) is 0 Å². The Morgan fingerprint density at radius 3 is 3.29 bits per heavy atom. The van der Waals surface area contributed by atoms with Crippen LogP contribution in [0.5, 0.6) is 0 Å². The summed E-state index contributed by atoms with van der Waals surface area (Å²) in [5.41, 5.74) is 0. The minimum Gasteiger partial charge on any atom is -0.382 e. The minimum absolute atomic E-state index is 0.107. The van der Waals surface area contributed by atoms with E-state index in [1.54, 1.807) is 25.1 Å². The van der Waals surface area contributed by atoms with Crippen LogP contribution in [0.1, 0.15) is 0 Å². The molecule has 1 aliphatic heterocycles. The number of thioether (sulfide) groups is 1. The number of aromatic nitrogens is 2. The largest absolute Gasteiger partial charge is 0.382 e. The third-order valence-electron chi connectivity index (χ3n) is 2.60. The Hall–Kier alpha value is -0.850. The summed E-state index contributed by atoms with van der Waals surface area (Å²) in [5, 5.41) is 0.991. The second kappa shape index (κ2) is 6.18. The molecule has 1 aliphatic rings. The van der Waals surface area contributed by atoms with Crippen molar-refractivity contribution in [1.82, 2.24) is 9.97 Å². The maximum atomic E-state index is 5.60. The Labute approximate surface area is 106 Å². The molecule has 2 heterocycles. The van der Waals surface area contributed by atoms with Gasteiger partial charge in [-0.2, -0.15) is 0 Å². The average Bonchev–Trinajstić information content (AvgIpc) is 2.40. The topological polar surface area (TPSA) is 47.5 Å². The van der Waals surface area contributed by atoms with Gasteiger partial charge in [-0.05, 0) is 12.3 Å². The summed E-state index contributed by atoms with van der Waals surface area (Å²) >= 11 is 1.62. The van der Waals surface area contributed by atoms with E-state index < -0.39 is 0 Å². The first-order valence-electron chi connectivity index (χ1n) is 5.56. The molecule has 0 aromatic carbocycles. The van der Waals surface area contributed by atoms with Gasteiger partial charge in [0.1, 0.15) is 5.03 Å². The van der Waals surface area contributed by atoms with Crippen molar-refractivity contribution < 1.29 is 9.47 Å². The first-order valence-corrected chi connectivity index (χ1v) is 6.78. The zero-order chi connectivity index (χ0) is 12.1. The number of anilines is 1. The second-order valence-corrected chi connectivity index (χ2v) is 4.62. The summed E-state index contributed by atoms with van der Waals surface area (Å²) in [6.45, 7) is 2.92. The molecule has 0 spiro atoms. The highest BCUT2D eigenvalue weighted by Crippen LogP contribution is 2.17. The van der Waals surface area contributed by atoms with Gasteiger partial charge in [0.05, 0.1) is 19.3 Å². The molecule has 0 aliphatic carbocycles. The van der Waals surface area contributed by atoms with E-state index in [2.05, 4.69) is 14.9 Å². The lowest BCUT2D eigenvalue weighted by atomic mass is 10.3. The van der Waals surface area contributed by atoms with E-state index in [0.717, 1.165) is 24.1 Å². The molecule has 1 aromatic heterocycles. The molecule has 0 radical (unpaired) electrons. The van der Waals surface area contributed by atoms with Crippen LogP contribution in [-0.2, 0) is 9.47 Å². The van der Waals surface area contributed by atoms with Gasteiger partial charge < -0.3 is 14.4 Å². The number of hydrogen-bond donors (Lipinski definition) is 0. The van der Waals surface area contributed by atoms with E-state index in [-0.39, 0.29) is 6.10 Å². The Kier molecular flexibility index (Phi) is 4.58. The molecule has 1 fully saturated rings. The highest BCUT2D eigenvalue weighted by molar-refractivity contribution is 7.98. The SMILES string of the molecule is COC[C@@H]1CN(c2nccc(SC)n2)CCO1. The van der Waals surface area contributed by atoms with Crippen molar-refractivity contribution >= 4 is 17.7 Å². The quantitative estimate of drug-likeness (QED) is 0.592. The fourth-order valence-corrected chi connectivity index (χ4v) is 2.16. The first-order chi connectivity index (χ1) is 8.33. The number of nitrogens with zero attached hydrogens (tertiary/aromatic N) is 3. The van der Waals surface area contributed by atoms with E-state index in [1.165, 1.54) is 0 Å². The van der Waals surface area contributed by atoms with Crippen LogP contribution in [0.3, 0.4) is 0 Å². The van der Waals surface area contributed by atoms with Crippen molar-refractivity contribution in [3.05, 3.63) is 12.3 Å². The van der Waals surface area contributed by atoms with Crippen molar-refractivity contribution in [1.29, 1.82) is 0 Å². The Bertz CT molecular complexity index is 362. The molecule has 0 N–H and O–H groups in total. The fraction of sp³-hybridized carbons (Fsp3) is 0.636. The summed E-state index contributed by atoms with van der Waals surface area (Å²) in [5.74, 6) is 0.779. The number of morpholine rings is 1. The third-order valence-corrected chi connectivity index (χ3v) is 3.25. The van der Waals surface area contributed by atoms with Crippen molar-refractivity contribution in [2.24, 2.45) is 0 Å². The summed E-state index contributed by atoms with van der Waals surface area (Å²) in [6, 6.07) is 1.92. The minimum atomic E-state index is 0.107. The van der Waals surface area contributed by atoms with Crippen molar-refractivity contribution in [2.75, 3.05) is 44.6 Å². The van der Waals surface area contributed by atoms with E-state index in [0.29, 0.717) is 13.2 Å². The maximum absolute atomic E-state index is 5.60. The number of methoxy groups -OCH3 is 1. The summed E-state index contributed by atoms with van der Waals surface area (Å²) in [7, 11) is 1.69. The Morgan fingerprint density at radius 2 is 2.53 bits per heavy atom. The van der Waals surface area contributed by atoms with Crippen molar-refractivity contribution in [2.45, 2.75) is 11.1 Å². The summed E-state index contributed by atoms with van der Waals surface area (Å²) in [6.07, 6.45) is 3.92.